The lowest BCUT2D eigenvalue weighted by atomic mass is 10.1. The van der Waals surface area contributed by atoms with Crippen LogP contribution >= 0.6 is 0 Å². The van der Waals surface area contributed by atoms with Gasteiger partial charge in [-0.3, -0.25) is 4.99 Å². The van der Waals surface area contributed by atoms with Crippen molar-refractivity contribution in [2.45, 2.75) is 32.8 Å². The monoisotopic (exact) mass is 421 g/mol. The minimum Gasteiger partial charge on any atom is -0.467 e. The Balaban J connectivity index is 1.35. The molecule has 164 valence electrons. The average molecular weight is 422 g/mol. The van der Waals surface area contributed by atoms with Gasteiger partial charge in [0.05, 0.1) is 19.5 Å². The van der Waals surface area contributed by atoms with Gasteiger partial charge in [0, 0.05) is 26.7 Å². The first-order valence-electron chi connectivity index (χ1n) is 10.6. The summed E-state index contributed by atoms with van der Waals surface area (Å²) in [5.74, 6) is 1.61. The lowest BCUT2D eigenvalue weighted by molar-refractivity contribution is 0.105. The third-order valence-electron chi connectivity index (χ3n) is 4.74. The van der Waals surface area contributed by atoms with Gasteiger partial charge in [0.2, 0.25) is 0 Å². The summed E-state index contributed by atoms with van der Waals surface area (Å²) in [5.41, 5.74) is 3.55. The van der Waals surface area contributed by atoms with Crippen LogP contribution in [0.4, 0.5) is 0 Å². The Morgan fingerprint density at radius 1 is 0.839 bits per heavy atom. The summed E-state index contributed by atoms with van der Waals surface area (Å²) < 4.78 is 16.8. The van der Waals surface area contributed by atoms with Gasteiger partial charge >= 0.3 is 0 Å². The molecular formula is C25H31N3O3. The number of nitrogens with zero attached hydrogens (tertiary/aromatic N) is 1. The van der Waals surface area contributed by atoms with E-state index in [0.29, 0.717) is 33.0 Å². The van der Waals surface area contributed by atoms with Gasteiger partial charge in [-0.2, -0.15) is 0 Å². The zero-order valence-corrected chi connectivity index (χ0v) is 18.0. The van der Waals surface area contributed by atoms with Crippen LogP contribution < -0.4 is 10.6 Å². The predicted molar refractivity (Wildman–Crippen MR) is 123 cm³/mol. The second-order valence-electron chi connectivity index (χ2n) is 7.09. The fraction of sp³-hybridized carbons (Fsp3) is 0.320. The first-order chi connectivity index (χ1) is 15.3. The molecule has 6 heteroatoms. The quantitative estimate of drug-likeness (QED) is 0.260. The van der Waals surface area contributed by atoms with E-state index in [1.807, 2.05) is 42.5 Å². The van der Waals surface area contributed by atoms with E-state index in [1.54, 1.807) is 13.3 Å². The first-order valence-corrected chi connectivity index (χ1v) is 10.6. The third-order valence-corrected chi connectivity index (χ3v) is 4.74. The minimum atomic E-state index is 0.503. The van der Waals surface area contributed by atoms with Gasteiger partial charge in [0.25, 0.3) is 0 Å². The van der Waals surface area contributed by atoms with Crippen molar-refractivity contribution in [1.29, 1.82) is 0 Å². The Bertz CT molecular complexity index is 895. The molecular weight excluding hydrogens is 390 g/mol. The predicted octanol–water partition coefficient (Wildman–Crippen LogP) is 4.27. The van der Waals surface area contributed by atoms with Crippen LogP contribution in [0.1, 0.15) is 28.9 Å². The van der Waals surface area contributed by atoms with Gasteiger partial charge in [-0.15, -0.1) is 0 Å². The van der Waals surface area contributed by atoms with Crippen molar-refractivity contribution in [3.8, 4) is 0 Å². The fourth-order valence-corrected chi connectivity index (χ4v) is 3.07. The van der Waals surface area contributed by atoms with E-state index in [-0.39, 0.29) is 0 Å². The van der Waals surface area contributed by atoms with Gasteiger partial charge in [0.1, 0.15) is 12.4 Å². The van der Waals surface area contributed by atoms with Crippen LogP contribution in [0.5, 0.6) is 0 Å². The van der Waals surface area contributed by atoms with Crippen molar-refractivity contribution in [3.63, 3.8) is 0 Å². The summed E-state index contributed by atoms with van der Waals surface area (Å²) in [5, 5.41) is 6.70. The van der Waals surface area contributed by atoms with Crippen LogP contribution in [0.15, 0.2) is 82.4 Å². The summed E-state index contributed by atoms with van der Waals surface area (Å²) >= 11 is 0. The Labute approximate surface area is 184 Å². The van der Waals surface area contributed by atoms with E-state index in [4.69, 9.17) is 13.9 Å². The van der Waals surface area contributed by atoms with Crippen molar-refractivity contribution < 1.29 is 13.9 Å². The second-order valence-corrected chi connectivity index (χ2v) is 7.09. The molecule has 2 aromatic carbocycles. The molecule has 0 atom stereocenters. The normalized spacial score (nSPS) is 11.5. The molecule has 0 saturated heterocycles. The molecule has 3 aromatic rings. The lowest BCUT2D eigenvalue weighted by Gasteiger charge is -2.14. The summed E-state index contributed by atoms with van der Waals surface area (Å²) in [6, 6.07) is 22.3. The van der Waals surface area contributed by atoms with E-state index in [1.165, 1.54) is 16.7 Å². The molecule has 0 spiro atoms. The molecule has 0 aliphatic rings. The third kappa shape index (κ3) is 8.28. The first kappa shape index (κ1) is 22.6. The van der Waals surface area contributed by atoms with E-state index < -0.39 is 0 Å². The van der Waals surface area contributed by atoms with E-state index in [9.17, 15) is 0 Å². The molecule has 0 fully saturated rings. The van der Waals surface area contributed by atoms with Gasteiger partial charge < -0.3 is 24.5 Å². The molecule has 0 bridgehead atoms. The highest BCUT2D eigenvalue weighted by atomic mass is 16.5. The number of hydrogen-bond acceptors (Lipinski definition) is 4. The van der Waals surface area contributed by atoms with Gasteiger partial charge in [-0.05, 0) is 35.2 Å². The summed E-state index contributed by atoms with van der Waals surface area (Å²) in [7, 11) is 1.78. The van der Waals surface area contributed by atoms with Gasteiger partial charge in [-0.1, -0.05) is 54.6 Å². The number of benzene rings is 2. The van der Waals surface area contributed by atoms with Gasteiger partial charge in [-0.25, -0.2) is 0 Å². The number of hydrogen-bond donors (Lipinski definition) is 2. The highest BCUT2D eigenvalue weighted by Crippen LogP contribution is 2.11. The van der Waals surface area contributed by atoms with Crippen LogP contribution in [0, 0.1) is 0 Å². The highest BCUT2D eigenvalue weighted by molar-refractivity contribution is 5.79. The Kier molecular flexibility index (Phi) is 9.66. The molecule has 0 saturated carbocycles. The molecule has 0 unspecified atom stereocenters. The van der Waals surface area contributed by atoms with Crippen LogP contribution in [-0.2, 0) is 35.8 Å². The molecule has 3 rings (SSSR count). The number of aliphatic imine (C=N–C) groups is 1. The molecule has 6 nitrogen and oxygen atoms in total. The zero-order chi connectivity index (χ0) is 21.6. The molecule has 2 N–H and O–H groups in total. The Morgan fingerprint density at radius 3 is 2.42 bits per heavy atom. The Hall–Kier alpha value is -3.09. The SMILES string of the molecule is CN=C(NCCCOCc1ccco1)NCc1ccccc1COCc1ccccc1. The molecule has 1 aromatic heterocycles. The smallest absolute Gasteiger partial charge is 0.191 e. The van der Waals surface area contributed by atoms with Crippen LogP contribution in [0.2, 0.25) is 0 Å². The van der Waals surface area contributed by atoms with E-state index in [2.05, 4.69) is 39.9 Å². The van der Waals surface area contributed by atoms with Crippen molar-refractivity contribution in [2.75, 3.05) is 20.2 Å². The fourth-order valence-electron chi connectivity index (χ4n) is 3.07. The van der Waals surface area contributed by atoms with Crippen molar-refractivity contribution in [2.24, 2.45) is 4.99 Å². The van der Waals surface area contributed by atoms with Crippen molar-refractivity contribution >= 4 is 5.96 Å². The molecule has 1 heterocycles. The summed E-state index contributed by atoms with van der Waals surface area (Å²) in [6.07, 6.45) is 2.54. The number of nitrogens with one attached hydrogen (secondary N) is 2. The topological polar surface area (TPSA) is 68.0 Å². The maximum absolute atomic E-state index is 5.91. The van der Waals surface area contributed by atoms with Crippen LogP contribution in [-0.4, -0.2) is 26.2 Å². The van der Waals surface area contributed by atoms with Crippen molar-refractivity contribution in [1.82, 2.24) is 10.6 Å². The molecule has 0 amide bonds. The van der Waals surface area contributed by atoms with E-state index in [0.717, 1.165) is 24.7 Å². The minimum absolute atomic E-state index is 0.503. The number of guanidine groups is 1. The molecule has 0 aliphatic carbocycles. The average Bonchev–Trinajstić information content (AvgIpc) is 3.33. The molecule has 0 aliphatic heterocycles. The molecule has 0 radical (unpaired) electrons. The number of rotatable bonds is 12. The zero-order valence-electron chi connectivity index (χ0n) is 18.0. The maximum Gasteiger partial charge on any atom is 0.191 e. The number of ether oxygens (including phenoxy) is 2. The second kappa shape index (κ2) is 13.3. The summed E-state index contributed by atoms with van der Waals surface area (Å²) in [6.45, 7) is 3.80. The standard InChI is InChI=1S/C25H31N3O3/c1-26-25(27-14-8-15-29-20-24-13-7-16-31-24)28-17-22-11-5-6-12-23(22)19-30-18-21-9-3-2-4-10-21/h2-7,9-13,16H,8,14-15,17-20H2,1H3,(H2,26,27,28). The highest BCUT2D eigenvalue weighted by Gasteiger charge is 2.04. The molecule has 31 heavy (non-hydrogen) atoms. The van der Waals surface area contributed by atoms with E-state index >= 15 is 0 Å². The van der Waals surface area contributed by atoms with Crippen LogP contribution in [0.3, 0.4) is 0 Å². The largest absolute Gasteiger partial charge is 0.467 e. The Morgan fingerprint density at radius 2 is 1.65 bits per heavy atom. The summed E-state index contributed by atoms with van der Waals surface area (Å²) in [4.78, 5) is 4.30. The van der Waals surface area contributed by atoms with Crippen molar-refractivity contribution in [3.05, 3.63) is 95.4 Å². The number of furan rings is 1. The lowest BCUT2D eigenvalue weighted by Crippen LogP contribution is -2.37. The van der Waals surface area contributed by atoms with Crippen LogP contribution in [0.25, 0.3) is 0 Å². The van der Waals surface area contributed by atoms with Gasteiger partial charge in [0.15, 0.2) is 5.96 Å². The maximum atomic E-state index is 5.91.